The standard InChI is InChI=1S/C19H17BrN2O4/c1-25-19(24)10-16(13-6-8-15(20)9-7-13)22-18(23)12-26-17-5-3-2-4-14(17)11-21/h2-9,16H,10,12H2,1H3,(H,22,23). The summed E-state index contributed by atoms with van der Waals surface area (Å²) in [5.74, 6) is -0.512. The first-order valence-electron chi connectivity index (χ1n) is 7.77. The number of halogens is 1. The van der Waals surface area contributed by atoms with Gasteiger partial charge in [-0.05, 0) is 29.8 Å². The normalized spacial score (nSPS) is 11.1. The third-order valence-electron chi connectivity index (χ3n) is 3.57. The molecule has 0 aromatic heterocycles. The molecule has 2 aromatic rings. The maximum atomic E-state index is 12.3. The molecule has 7 heteroatoms. The number of methoxy groups -OCH3 is 1. The summed E-state index contributed by atoms with van der Waals surface area (Å²) in [7, 11) is 1.30. The lowest BCUT2D eigenvalue weighted by Gasteiger charge is -2.18. The lowest BCUT2D eigenvalue weighted by Crippen LogP contribution is -2.34. The molecule has 0 saturated carbocycles. The lowest BCUT2D eigenvalue weighted by molar-refractivity contribution is -0.141. The largest absolute Gasteiger partial charge is 0.482 e. The fourth-order valence-corrected chi connectivity index (χ4v) is 2.53. The topological polar surface area (TPSA) is 88.4 Å². The fourth-order valence-electron chi connectivity index (χ4n) is 2.26. The van der Waals surface area contributed by atoms with Crippen LogP contribution in [0.25, 0.3) is 0 Å². The molecule has 26 heavy (non-hydrogen) atoms. The molecule has 2 aromatic carbocycles. The number of carbonyl (C=O) groups excluding carboxylic acids is 2. The van der Waals surface area contributed by atoms with E-state index in [1.807, 2.05) is 30.3 Å². The summed E-state index contributed by atoms with van der Waals surface area (Å²) >= 11 is 3.35. The second kappa shape index (κ2) is 9.59. The van der Waals surface area contributed by atoms with E-state index in [2.05, 4.69) is 21.2 Å². The summed E-state index contributed by atoms with van der Waals surface area (Å²) < 4.78 is 11.0. The lowest BCUT2D eigenvalue weighted by atomic mass is 10.0. The van der Waals surface area contributed by atoms with Crippen molar-refractivity contribution in [1.82, 2.24) is 5.32 Å². The van der Waals surface area contributed by atoms with Gasteiger partial charge in [0.15, 0.2) is 6.61 Å². The minimum Gasteiger partial charge on any atom is -0.482 e. The molecule has 0 radical (unpaired) electrons. The minimum atomic E-state index is -0.544. The van der Waals surface area contributed by atoms with Crippen LogP contribution in [-0.2, 0) is 14.3 Å². The molecule has 1 atom stereocenters. The molecule has 1 N–H and O–H groups in total. The highest BCUT2D eigenvalue weighted by Gasteiger charge is 2.19. The molecule has 134 valence electrons. The van der Waals surface area contributed by atoms with E-state index in [-0.39, 0.29) is 13.0 Å². The van der Waals surface area contributed by atoms with E-state index < -0.39 is 17.9 Å². The number of rotatable bonds is 7. The van der Waals surface area contributed by atoms with Crippen LogP contribution in [0.3, 0.4) is 0 Å². The van der Waals surface area contributed by atoms with Crippen molar-refractivity contribution in [2.45, 2.75) is 12.5 Å². The Balaban J connectivity index is 2.04. The van der Waals surface area contributed by atoms with Crippen molar-refractivity contribution in [1.29, 1.82) is 5.26 Å². The maximum absolute atomic E-state index is 12.3. The molecule has 1 unspecified atom stereocenters. The Bertz CT molecular complexity index is 815. The van der Waals surface area contributed by atoms with E-state index >= 15 is 0 Å². The fraction of sp³-hybridized carbons (Fsp3) is 0.211. The zero-order valence-corrected chi connectivity index (χ0v) is 15.7. The van der Waals surface area contributed by atoms with Gasteiger partial charge in [0.25, 0.3) is 5.91 Å². The predicted octanol–water partition coefficient (Wildman–Crippen LogP) is 3.12. The Morgan fingerprint density at radius 3 is 2.54 bits per heavy atom. The number of nitrogens with one attached hydrogen (secondary N) is 1. The summed E-state index contributed by atoms with van der Waals surface area (Å²) in [6.45, 7) is -0.271. The van der Waals surface area contributed by atoms with Crippen molar-refractivity contribution in [2.75, 3.05) is 13.7 Å². The van der Waals surface area contributed by atoms with Gasteiger partial charge in [-0.2, -0.15) is 5.26 Å². The highest BCUT2D eigenvalue weighted by Crippen LogP contribution is 2.21. The number of esters is 1. The smallest absolute Gasteiger partial charge is 0.307 e. The first kappa shape index (κ1) is 19.5. The van der Waals surface area contributed by atoms with Crippen LogP contribution in [0.1, 0.15) is 23.6 Å². The third kappa shape index (κ3) is 5.60. The molecule has 2 rings (SSSR count). The predicted molar refractivity (Wildman–Crippen MR) is 98.3 cm³/mol. The van der Waals surface area contributed by atoms with Crippen molar-refractivity contribution >= 4 is 27.8 Å². The molecule has 0 aliphatic rings. The molecule has 0 aliphatic carbocycles. The van der Waals surface area contributed by atoms with Gasteiger partial charge in [0.05, 0.1) is 25.1 Å². The van der Waals surface area contributed by atoms with Gasteiger partial charge in [-0.3, -0.25) is 9.59 Å². The summed E-state index contributed by atoms with van der Waals surface area (Å²) in [6, 6.07) is 15.4. The number of para-hydroxylation sites is 1. The van der Waals surface area contributed by atoms with E-state index in [0.717, 1.165) is 10.0 Å². The molecule has 0 fully saturated rings. The monoisotopic (exact) mass is 416 g/mol. The van der Waals surface area contributed by atoms with Gasteiger partial charge >= 0.3 is 5.97 Å². The molecular formula is C19H17BrN2O4. The minimum absolute atomic E-state index is 0.00133. The van der Waals surface area contributed by atoms with Crippen LogP contribution in [0.2, 0.25) is 0 Å². The van der Waals surface area contributed by atoms with Crippen LogP contribution < -0.4 is 10.1 Å². The quantitative estimate of drug-likeness (QED) is 0.700. The molecular weight excluding hydrogens is 400 g/mol. The second-order valence-electron chi connectivity index (χ2n) is 5.35. The Kier molecular flexibility index (Phi) is 7.18. The summed E-state index contributed by atoms with van der Waals surface area (Å²) in [6.07, 6.45) is -0.00133. The van der Waals surface area contributed by atoms with E-state index in [1.165, 1.54) is 7.11 Å². The number of ether oxygens (including phenoxy) is 2. The van der Waals surface area contributed by atoms with Gasteiger partial charge in [0, 0.05) is 4.47 Å². The average Bonchev–Trinajstić information content (AvgIpc) is 2.66. The van der Waals surface area contributed by atoms with Gasteiger partial charge in [-0.25, -0.2) is 0 Å². The van der Waals surface area contributed by atoms with Gasteiger partial charge in [-0.1, -0.05) is 40.2 Å². The highest BCUT2D eigenvalue weighted by molar-refractivity contribution is 9.10. The number of carbonyl (C=O) groups is 2. The first-order valence-corrected chi connectivity index (χ1v) is 8.56. The van der Waals surface area contributed by atoms with Gasteiger partial charge in [0.1, 0.15) is 11.8 Å². The van der Waals surface area contributed by atoms with Crippen LogP contribution in [0.15, 0.2) is 53.0 Å². The molecule has 0 saturated heterocycles. The molecule has 0 heterocycles. The number of amides is 1. The number of nitriles is 1. The second-order valence-corrected chi connectivity index (χ2v) is 6.26. The summed E-state index contributed by atoms with van der Waals surface area (Å²) in [5.41, 5.74) is 1.11. The van der Waals surface area contributed by atoms with Crippen LogP contribution in [0.5, 0.6) is 5.75 Å². The van der Waals surface area contributed by atoms with Crippen molar-refractivity contribution in [3.8, 4) is 11.8 Å². The van der Waals surface area contributed by atoms with Gasteiger partial charge in [-0.15, -0.1) is 0 Å². The highest BCUT2D eigenvalue weighted by atomic mass is 79.9. The van der Waals surface area contributed by atoms with Crippen molar-refractivity contribution in [2.24, 2.45) is 0 Å². The maximum Gasteiger partial charge on any atom is 0.307 e. The zero-order chi connectivity index (χ0) is 18.9. The Labute approximate surface area is 159 Å². The molecule has 0 bridgehead atoms. The van der Waals surface area contributed by atoms with Crippen LogP contribution in [0, 0.1) is 11.3 Å². The average molecular weight is 417 g/mol. The summed E-state index contributed by atoms with van der Waals surface area (Å²) in [4.78, 5) is 23.9. The van der Waals surface area contributed by atoms with E-state index in [1.54, 1.807) is 24.3 Å². The van der Waals surface area contributed by atoms with E-state index in [9.17, 15) is 9.59 Å². The van der Waals surface area contributed by atoms with Gasteiger partial charge < -0.3 is 14.8 Å². The first-order chi connectivity index (χ1) is 12.5. The summed E-state index contributed by atoms with van der Waals surface area (Å²) in [5, 5.41) is 11.8. The Morgan fingerprint density at radius 1 is 1.19 bits per heavy atom. The molecule has 1 amide bonds. The van der Waals surface area contributed by atoms with E-state index in [4.69, 9.17) is 14.7 Å². The van der Waals surface area contributed by atoms with Crippen LogP contribution in [0.4, 0.5) is 0 Å². The molecule has 0 aliphatic heterocycles. The number of benzene rings is 2. The SMILES string of the molecule is COC(=O)CC(NC(=O)COc1ccccc1C#N)c1ccc(Br)cc1. The molecule has 6 nitrogen and oxygen atoms in total. The van der Waals surface area contributed by atoms with E-state index in [0.29, 0.717) is 11.3 Å². The van der Waals surface area contributed by atoms with Crippen molar-refractivity contribution in [3.63, 3.8) is 0 Å². The Morgan fingerprint density at radius 2 is 1.88 bits per heavy atom. The number of nitrogens with zero attached hydrogens (tertiary/aromatic N) is 1. The van der Waals surface area contributed by atoms with Crippen LogP contribution >= 0.6 is 15.9 Å². The molecule has 0 spiro atoms. The van der Waals surface area contributed by atoms with Crippen molar-refractivity contribution in [3.05, 3.63) is 64.1 Å². The number of hydrogen-bond donors (Lipinski definition) is 1. The Hall–Kier alpha value is -2.85. The van der Waals surface area contributed by atoms with Gasteiger partial charge in [0.2, 0.25) is 0 Å². The van der Waals surface area contributed by atoms with Crippen molar-refractivity contribution < 1.29 is 19.1 Å². The van der Waals surface area contributed by atoms with Crippen LogP contribution in [-0.4, -0.2) is 25.6 Å². The number of hydrogen-bond acceptors (Lipinski definition) is 5. The zero-order valence-electron chi connectivity index (χ0n) is 14.1. The third-order valence-corrected chi connectivity index (χ3v) is 4.10.